The summed E-state index contributed by atoms with van der Waals surface area (Å²) >= 11 is 5.92. The highest BCUT2D eigenvalue weighted by molar-refractivity contribution is 6.30. The highest BCUT2D eigenvalue weighted by atomic mass is 35.5. The third-order valence-electron chi connectivity index (χ3n) is 3.64. The molecule has 25 heavy (non-hydrogen) atoms. The Morgan fingerprint density at radius 2 is 2.00 bits per heavy atom. The van der Waals surface area contributed by atoms with Gasteiger partial charge in [0.1, 0.15) is 12.4 Å². The maximum atomic E-state index is 12.3. The quantitative estimate of drug-likeness (QED) is 0.653. The van der Waals surface area contributed by atoms with Crippen molar-refractivity contribution in [2.24, 2.45) is 0 Å². The summed E-state index contributed by atoms with van der Waals surface area (Å²) in [4.78, 5) is 12.3. The second-order valence-corrected chi connectivity index (χ2v) is 5.78. The molecule has 0 aliphatic rings. The molecule has 0 radical (unpaired) electrons. The molecule has 1 aromatic heterocycles. The smallest absolute Gasteiger partial charge is 0.361 e. The summed E-state index contributed by atoms with van der Waals surface area (Å²) in [5.41, 5.74) is 2.31. The molecule has 0 fully saturated rings. The number of carbonyl (C=O) groups excluding carboxylic acids is 1. The Labute approximate surface area is 149 Å². The second-order valence-electron chi connectivity index (χ2n) is 5.34. The summed E-state index contributed by atoms with van der Waals surface area (Å²) in [6, 6.07) is 14.5. The van der Waals surface area contributed by atoms with Crippen molar-refractivity contribution >= 4 is 17.6 Å². The van der Waals surface area contributed by atoms with Crippen molar-refractivity contribution in [3.8, 4) is 11.4 Å². The molecule has 0 saturated carbocycles. The van der Waals surface area contributed by atoms with E-state index in [0.717, 1.165) is 11.3 Å². The fraction of sp³-hybridized carbons (Fsp3) is 0.167. The zero-order valence-corrected chi connectivity index (χ0v) is 14.5. The second kappa shape index (κ2) is 7.36. The van der Waals surface area contributed by atoms with Gasteiger partial charge in [-0.1, -0.05) is 35.0 Å². The number of ether oxygens (including phenoxy) is 2. The minimum atomic E-state index is -0.536. The maximum Gasteiger partial charge on any atom is 0.361 e. The van der Waals surface area contributed by atoms with E-state index < -0.39 is 5.97 Å². The van der Waals surface area contributed by atoms with Gasteiger partial charge in [0, 0.05) is 11.1 Å². The van der Waals surface area contributed by atoms with Gasteiger partial charge in [-0.3, -0.25) is 0 Å². The molecule has 0 aliphatic heterocycles. The largest absolute Gasteiger partial charge is 0.497 e. The van der Waals surface area contributed by atoms with Gasteiger partial charge in [-0.25, -0.2) is 9.48 Å². The summed E-state index contributed by atoms with van der Waals surface area (Å²) in [6.45, 7) is 1.88. The highest BCUT2D eigenvalue weighted by Gasteiger charge is 2.19. The average Bonchev–Trinajstić information content (AvgIpc) is 3.01. The van der Waals surface area contributed by atoms with E-state index in [-0.39, 0.29) is 12.3 Å². The van der Waals surface area contributed by atoms with Crippen molar-refractivity contribution < 1.29 is 14.3 Å². The lowest BCUT2D eigenvalue weighted by atomic mass is 10.2. The van der Waals surface area contributed by atoms with Crippen LogP contribution in [-0.2, 0) is 11.3 Å². The van der Waals surface area contributed by atoms with Crippen LogP contribution in [0.25, 0.3) is 5.69 Å². The van der Waals surface area contributed by atoms with Gasteiger partial charge in [0.2, 0.25) is 0 Å². The first-order valence-electron chi connectivity index (χ1n) is 7.57. The van der Waals surface area contributed by atoms with E-state index in [0.29, 0.717) is 16.5 Å². The van der Waals surface area contributed by atoms with Gasteiger partial charge in [-0.15, -0.1) is 5.10 Å². The fourth-order valence-electron chi connectivity index (χ4n) is 2.35. The van der Waals surface area contributed by atoms with Crippen LogP contribution in [0.2, 0.25) is 5.02 Å². The Balaban J connectivity index is 1.77. The fourth-order valence-corrected chi connectivity index (χ4v) is 2.56. The lowest BCUT2D eigenvalue weighted by Gasteiger charge is -2.06. The Bertz CT molecular complexity index is 908. The number of hydrogen-bond donors (Lipinski definition) is 0. The molecular formula is C18H16ClN3O3. The summed E-state index contributed by atoms with van der Waals surface area (Å²) in [6.07, 6.45) is 0. The van der Waals surface area contributed by atoms with Crippen LogP contribution in [0.15, 0.2) is 48.5 Å². The van der Waals surface area contributed by atoms with Crippen LogP contribution in [0.5, 0.6) is 5.75 Å². The zero-order valence-electron chi connectivity index (χ0n) is 13.8. The molecule has 0 bridgehead atoms. The van der Waals surface area contributed by atoms with Crippen LogP contribution in [0.1, 0.15) is 21.7 Å². The van der Waals surface area contributed by atoms with Crippen LogP contribution >= 0.6 is 11.6 Å². The average molecular weight is 358 g/mol. The highest BCUT2D eigenvalue weighted by Crippen LogP contribution is 2.19. The number of hydrogen-bond acceptors (Lipinski definition) is 5. The Morgan fingerprint density at radius 3 is 2.76 bits per heavy atom. The molecule has 0 aliphatic carbocycles. The third-order valence-corrected chi connectivity index (χ3v) is 3.88. The van der Waals surface area contributed by atoms with Crippen molar-refractivity contribution in [3.05, 3.63) is 70.5 Å². The summed E-state index contributed by atoms with van der Waals surface area (Å²) < 4.78 is 12.1. The van der Waals surface area contributed by atoms with Crippen LogP contribution < -0.4 is 4.74 Å². The van der Waals surface area contributed by atoms with E-state index in [9.17, 15) is 4.79 Å². The SMILES string of the molecule is COc1cccc(-n2nnc(C(=O)OCc3cccc(Cl)c3)c2C)c1. The van der Waals surface area contributed by atoms with E-state index in [1.165, 1.54) is 0 Å². The summed E-state index contributed by atoms with van der Waals surface area (Å²) in [7, 11) is 1.59. The predicted octanol–water partition coefficient (Wildman–Crippen LogP) is 3.59. The molecule has 0 amide bonds. The van der Waals surface area contributed by atoms with Crippen LogP contribution in [0.4, 0.5) is 0 Å². The molecule has 3 rings (SSSR count). The number of esters is 1. The van der Waals surface area contributed by atoms with E-state index >= 15 is 0 Å². The minimum absolute atomic E-state index is 0.116. The molecule has 128 valence electrons. The topological polar surface area (TPSA) is 66.2 Å². The normalized spacial score (nSPS) is 10.5. The first kappa shape index (κ1) is 17.0. The lowest BCUT2D eigenvalue weighted by molar-refractivity contribution is 0.0464. The van der Waals surface area contributed by atoms with Crippen molar-refractivity contribution in [1.29, 1.82) is 0 Å². The number of aromatic nitrogens is 3. The van der Waals surface area contributed by atoms with Gasteiger partial charge >= 0.3 is 5.97 Å². The number of rotatable bonds is 5. The van der Waals surface area contributed by atoms with Gasteiger partial charge in [0.25, 0.3) is 0 Å². The Kier molecular flexibility index (Phi) is 5.00. The number of benzene rings is 2. The lowest BCUT2D eigenvalue weighted by Crippen LogP contribution is -2.08. The van der Waals surface area contributed by atoms with Gasteiger partial charge in [0.15, 0.2) is 5.69 Å². The first-order chi connectivity index (χ1) is 12.1. The predicted molar refractivity (Wildman–Crippen MR) is 93.2 cm³/mol. The third kappa shape index (κ3) is 3.80. The summed E-state index contributed by atoms with van der Waals surface area (Å²) in [5.74, 6) is 0.157. The van der Waals surface area contributed by atoms with Crippen LogP contribution in [-0.4, -0.2) is 28.1 Å². The van der Waals surface area contributed by atoms with Gasteiger partial charge in [0.05, 0.1) is 18.5 Å². The maximum absolute atomic E-state index is 12.3. The van der Waals surface area contributed by atoms with E-state index in [2.05, 4.69) is 10.3 Å². The zero-order chi connectivity index (χ0) is 17.8. The Hall–Kier alpha value is -2.86. The Morgan fingerprint density at radius 1 is 1.20 bits per heavy atom. The number of halogens is 1. The van der Waals surface area contributed by atoms with Gasteiger partial charge < -0.3 is 9.47 Å². The van der Waals surface area contributed by atoms with Crippen LogP contribution in [0, 0.1) is 6.92 Å². The molecule has 0 spiro atoms. The molecule has 7 heteroatoms. The molecule has 3 aromatic rings. The minimum Gasteiger partial charge on any atom is -0.497 e. The molecule has 0 atom stereocenters. The monoisotopic (exact) mass is 357 g/mol. The first-order valence-corrected chi connectivity index (χ1v) is 7.94. The van der Waals surface area contributed by atoms with E-state index in [1.807, 2.05) is 30.3 Å². The summed E-state index contributed by atoms with van der Waals surface area (Å²) in [5, 5.41) is 8.58. The van der Waals surface area contributed by atoms with E-state index in [4.69, 9.17) is 21.1 Å². The number of methoxy groups -OCH3 is 1. The molecule has 0 N–H and O–H groups in total. The van der Waals surface area contributed by atoms with Crippen molar-refractivity contribution in [3.63, 3.8) is 0 Å². The van der Waals surface area contributed by atoms with Crippen molar-refractivity contribution in [2.45, 2.75) is 13.5 Å². The molecule has 0 unspecified atom stereocenters. The van der Waals surface area contributed by atoms with Crippen LogP contribution in [0.3, 0.4) is 0 Å². The number of nitrogens with zero attached hydrogens (tertiary/aromatic N) is 3. The van der Waals surface area contributed by atoms with Gasteiger partial charge in [-0.05, 0) is 36.8 Å². The standard InChI is InChI=1S/C18H16ClN3O3/c1-12-17(18(23)25-11-13-5-3-6-14(19)9-13)20-21-22(12)15-7-4-8-16(10-15)24-2/h3-10H,11H2,1-2H3. The van der Waals surface area contributed by atoms with E-state index in [1.54, 1.807) is 36.9 Å². The molecule has 1 heterocycles. The van der Waals surface area contributed by atoms with Gasteiger partial charge in [-0.2, -0.15) is 0 Å². The molecule has 2 aromatic carbocycles. The van der Waals surface area contributed by atoms with Crippen molar-refractivity contribution in [1.82, 2.24) is 15.0 Å². The van der Waals surface area contributed by atoms with Crippen molar-refractivity contribution in [2.75, 3.05) is 7.11 Å². The molecule has 6 nitrogen and oxygen atoms in total. The molecular weight excluding hydrogens is 342 g/mol. The molecule has 0 saturated heterocycles. The number of carbonyl (C=O) groups is 1.